The number of aromatic nitrogens is 1. The quantitative estimate of drug-likeness (QED) is 0.943. The lowest BCUT2D eigenvalue weighted by atomic mass is 10.0. The van der Waals surface area contributed by atoms with Gasteiger partial charge in [0.2, 0.25) is 5.91 Å². The largest absolute Gasteiger partial charge is 0.450 e. The average Bonchev–Trinajstić information content (AvgIpc) is 3.14. The Kier molecular flexibility index (Phi) is 3.90. The van der Waals surface area contributed by atoms with E-state index in [1.807, 2.05) is 37.4 Å². The minimum absolute atomic E-state index is 0.147. The third-order valence-corrected chi connectivity index (χ3v) is 4.07. The molecule has 1 aromatic carbocycles. The summed E-state index contributed by atoms with van der Waals surface area (Å²) in [6, 6.07) is 7.53. The Morgan fingerprint density at radius 3 is 2.70 bits per heavy atom. The Morgan fingerprint density at radius 1 is 1.30 bits per heavy atom. The number of rotatable bonds is 4. The van der Waals surface area contributed by atoms with Crippen molar-refractivity contribution in [2.75, 3.05) is 0 Å². The summed E-state index contributed by atoms with van der Waals surface area (Å²) < 4.78 is 5.28. The fourth-order valence-electron chi connectivity index (χ4n) is 2.84. The first-order valence-electron chi connectivity index (χ1n) is 7.60. The van der Waals surface area contributed by atoms with Crippen LogP contribution in [0.2, 0.25) is 0 Å². The lowest BCUT2D eigenvalue weighted by Crippen LogP contribution is -2.47. The molecule has 0 aliphatic carbocycles. The van der Waals surface area contributed by atoms with E-state index in [-0.39, 0.29) is 17.9 Å². The van der Waals surface area contributed by atoms with Crippen molar-refractivity contribution >= 4 is 29.1 Å². The van der Waals surface area contributed by atoms with Crippen molar-refractivity contribution in [3.8, 4) is 0 Å². The molecule has 23 heavy (non-hydrogen) atoms. The molecule has 1 aliphatic heterocycles. The zero-order valence-electron chi connectivity index (χ0n) is 13.3. The summed E-state index contributed by atoms with van der Waals surface area (Å²) in [5.41, 5.74) is 1.93. The number of nitrogens with zero attached hydrogens (tertiary/aromatic N) is 2. The number of aromatic amines is 1. The normalized spacial score (nSPS) is 18.4. The number of nitrogens with one attached hydrogen (secondary N) is 1. The van der Waals surface area contributed by atoms with E-state index in [9.17, 15) is 9.59 Å². The third kappa shape index (κ3) is 2.60. The van der Waals surface area contributed by atoms with Crippen LogP contribution in [-0.2, 0) is 14.3 Å². The van der Waals surface area contributed by atoms with Crippen LogP contribution in [0.15, 0.2) is 35.5 Å². The molecule has 0 unspecified atom stereocenters. The third-order valence-electron chi connectivity index (χ3n) is 4.07. The molecule has 2 aromatic rings. The molecule has 6 nitrogen and oxygen atoms in total. The molecule has 0 radical (unpaired) electrons. The molecule has 6 heteroatoms. The maximum Gasteiger partial charge on any atom is 0.311 e. The van der Waals surface area contributed by atoms with Gasteiger partial charge in [-0.05, 0) is 18.6 Å². The first kappa shape index (κ1) is 15.3. The second kappa shape index (κ2) is 5.87. The topological polar surface area (TPSA) is 74.8 Å². The fourth-order valence-corrected chi connectivity index (χ4v) is 2.84. The summed E-state index contributed by atoms with van der Waals surface area (Å²) in [6.45, 7) is 5.50. The summed E-state index contributed by atoms with van der Waals surface area (Å²) in [6.07, 6.45) is 1.99. The smallest absolute Gasteiger partial charge is 0.311 e. The average molecular weight is 313 g/mol. The summed E-state index contributed by atoms with van der Waals surface area (Å²) >= 11 is 0. The second-order valence-electron chi connectivity index (χ2n) is 5.93. The van der Waals surface area contributed by atoms with Crippen molar-refractivity contribution in [2.24, 2.45) is 10.9 Å². The van der Waals surface area contributed by atoms with Gasteiger partial charge < -0.3 is 9.72 Å². The highest BCUT2D eigenvalue weighted by Crippen LogP contribution is 2.31. The maximum atomic E-state index is 12.7. The van der Waals surface area contributed by atoms with Gasteiger partial charge in [0.25, 0.3) is 6.23 Å². The lowest BCUT2D eigenvalue weighted by Gasteiger charge is -2.33. The summed E-state index contributed by atoms with van der Waals surface area (Å²) in [7, 11) is 0. The highest BCUT2D eigenvalue weighted by atomic mass is 16.5. The van der Waals surface area contributed by atoms with Crippen LogP contribution in [0.5, 0.6) is 0 Å². The van der Waals surface area contributed by atoms with Gasteiger partial charge in [-0.15, -0.1) is 0 Å². The zero-order chi connectivity index (χ0) is 16.6. The van der Waals surface area contributed by atoms with Crippen LogP contribution in [0.1, 0.15) is 32.4 Å². The van der Waals surface area contributed by atoms with E-state index in [0.717, 1.165) is 22.9 Å². The molecule has 2 amide bonds. The molecule has 2 atom stereocenters. The van der Waals surface area contributed by atoms with E-state index in [0.29, 0.717) is 0 Å². The van der Waals surface area contributed by atoms with Gasteiger partial charge in [-0.3, -0.25) is 14.5 Å². The highest BCUT2D eigenvalue weighted by Gasteiger charge is 2.38. The van der Waals surface area contributed by atoms with Crippen LogP contribution in [-0.4, -0.2) is 34.3 Å². The number of carbonyl (C=O) groups excluding carboxylic acids is 2. The predicted molar refractivity (Wildman–Crippen MR) is 86.8 cm³/mol. The molecular weight excluding hydrogens is 294 g/mol. The van der Waals surface area contributed by atoms with Gasteiger partial charge in [0.05, 0.1) is 6.04 Å². The van der Waals surface area contributed by atoms with Gasteiger partial charge in [0.15, 0.2) is 6.40 Å². The number of carbonyl (C=O) groups is 2. The zero-order valence-corrected chi connectivity index (χ0v) is 13.3. The van der Waals surface area contributed by atoms with Gasteiger partial charge >= 0.3 is 5.91 Å². The molecule has 1 aromatic heterocycles. The number of amides is 2. The molecule has 0 bridgehead atoms. The number of ether oxygens (including phenoxy) is 1. The monoisotopic (exact) mass is 313 g/mol. The van der Waals surface area contributed by atoms with E-state index in [4.69, 9.17) is 4.74 Å². The Morgan fingerprint density at radius 2 is 2.04 bits per heavy atom. The molecule has 1 aliphatic rings. The van der Waals surface area contributed by atoms with E-state index >= 15 is 0 Å². The molecular formula is C17H19N3O3. The van der Waals surface area contributed by atoms with Crippen LogP contribution in [0.25, 0.3) is 10.9 Å². The van der Waals surface area contributed by atoms with E-state index in [1.54, 1.807) is 13.8 Å². The van der Waals surface area contributed by atoms with Gasteiger partial charge in [0.1, 0.15) is 0 Å². The minimum Gasteiger partial charge on any atom is -0.450 e. The van der Waals surface area contributed by atoms with Crippen LogP contribution in [0.3, 0.4) is 0 Å². The fraction of sp³-hybridized carbons (Fsp3) is 0.353. The number of benzene rings is 1. The van der Waals surface area contributed by atoms with Crippen molar-refractivity contribution in [1.29, 1.82) is 0 Å². The van der Waals surface area contributed by atoms with Crippen LogP contribution in [0, 0.1) is 5.92 Å². The van der Waals surface area contributed by atoms with E-state index in [1.165, 1.54) is 4.90 Å². The van der Waals surface area contributed by atoms with Crippen molar-refractivity contribution in [3.63, 3.8) is 0 Å². The van der Waals surface area contributed by atoms with Gasteiger partial charge in [-0.25, -0.2) is 0 Å². The van der Waals surface area contributed by atoms with Crippen molar-refractivity contribution in [2.45, 2.75) is 33.0 Å². The van der Waals surface area contributed by atoms with Crippen LogP contribution in [0.4, 0.5) is 0 Å². The van der Waals surface area contributed by atoms with Crippen LogP contribution >= 0.6 is 0 Å². The number of para-hydroxylation sites is 1. The number of hydrogen-bond acceptors (Lipinski definition) is 3. The Bertz CT molecular complexity index is 778. The van der Waals surface area contributed by atoms with Gasteiger partial charge in [-0.2, -0.15) is 4.99 Å². The summed E-state index contributed by atoms with van der Waals surface area (Å²) in [5.74, 6) is -0.850. The molecule has 120 valence electrons. The summed E-state index contributed by atoms with van der Waals surface area (Å²) in [4.78, 5) is 32.9. The highest BCUT2D eigenvalue weighted by molar-refractivity contribution is 5.95. The minimum atomic E-state index is -0.992. The number of fused-ring (bicyclic) bond motifs is 1. The van der Waals surface area contributed by atoms with E-state index < -0.39 is 12.1 Å². The Balaban J connectivity index is 2.02. The molecule has 1 N–H and O–H groups in total. The molecule has 0 saturated heterocycles. The van der Waals surface area contributed by atoms with Crippen molar-refractivity contribution in [1.82, 2.24) is 9.88 Å². The van der Waals surface area contributed by atoms with Crippen molar-refractivity contribution < 1.29 is 14.3 Å². The lowest BCUT2D eigenvalue weighted by molar-refractivity contribution is -0.153. The second-order valence-corrected chi connectivity index (χ2v) is 5.93. The van der Waals surface area contributed by atoms with Gasteiger partial charge in [0, 0.05) is 23.0 Å². The van der Waals surface area contributed by atoms with Gasteiger partial charge in [-0.1, -0.05) is 32.0 Å². The van der Waals surface area contributed by atoms with E-state index in [2.05, 4.69) is 9.98 Å². The SMILES string of the molecule is CC(C)C(=O)N([C@H](C)c1c[nH]c2ccccc12)[C@H]1OC=NC1=O. The maximum absolute atomic E-state index is 12.7. The number of aliphatic imine (C=N–C) groups is 1. The number of H-pyrrole nitrogens is 1. The first-order chi connectivity index (χ1) is 11.0. The molecule has 2 heterocycles. The molecule has 0 fully saturated rings. The molecule has 0 spiro atoms. The molecule has 0 saturated carbocycles. The molecule has 3 rings (SSSR count). The first-order valence-corrected chi connectivity index (χ1v) is 7.60. The van der Waals surface area contributed by atoms with Crippen molar-refractivity contribution in [3.05, 3.63) is 36.0 Å². The standard InChI is InChI=1S/C17H19N3O3/c1-10(2)16(22)20(17-15(21)19-9-23-17)11(3)13-8-18-14-7-5-4-6-12(13)14/h4-11,17-18H,1-3H3/t11-,17+/m1/s1. The predicted octanol–water partition coefficient (Wildman–Crippen LogP) is 2.62. The Hall–Kier alpha value is -2.63. The summed E-state index contributed by atoms with van der Waals surface area (Å²) in [5, 5.41) is 1.02. The van der Waals surface area contributed by atoms with Crippen LogP contribution < -0.4 is 0 Å². The number of hydrogen-bond donors (Lipinski definition) is 1. The Labute approximate surface area is 134 Å².